The molecule has 0 spiro atoms. The van der Waals surface area contributed by atoms with Crippen LogP contribution in [0.4, 0.5) is 4.79 Å². The van der Waals surface area contributed by atoms with Gasteiger partial charge in [-0.1, -0.05) is 0 Å². The minimum Gasteiger partial charge on any atom is -0.870 e. The molecule has 0 rings (SSSR count). The third-order valence-corrected chi connectivity index (χ3v) is 0. The van der Waals surface area contributed by atoms with Crippen molar-refractivity contribution in [2.45, 2.75) is 0 Å². The second kappa shape index (κ2) is 16.3. The van der Waals surface area contributed by atoms with Crippen molar-refractivity contribution in [2.24, 2.45) is 0 Å². The Balaban J connectivity index is -0.0000000150. The predicted octanol–water partition coefficient (Wildman–Crippen LogP) is -3.01. The molecular formula is CHAlCoO4+2. The Morgan fingerprint density at radius 2 is 1.29 bits per heavy atom. The summed E-state index contributed by atoms with van der Waals surface area (Å²) in [5.41, 5.74) is 0. The van der Waals surface area contributed by atoms with E-state index >= 15 is 0 Å². The molecular weight excluding hydrogens is 162 g/mol. The van der Waals surface area contributed by atoms with E-state index in [1.54, 1.807) is 0 Å². The molecule has 4 nitrogen and oxygen atoms in total. The fraction of sp³-hybridized carbons (Fsp3) is 0. The minimum atomic E-state index is -2.33. The van der Waals surface area contributed by atoms with Gasteiger partial charge in [0.05, 0.1) is 0 Å². The first-order valence-corrected chi connectivity index (χ1v) is 0.612. The first kappa shape index (κ1) is 26.7. The summed E-state index contributed by atoms with van der Waals surface area (Å²) in [6, 6.07) is 0. The van der Waals surface area contributed by atoms with Gasteiger partial charge in [0.25, 0.3) is 0 Å². The van der Waals surface area contributed by atoms with Crippen LogP contribution in [0.25, 0.3) is 0 Å². The van der Waals surface area contributed by atoms with Crippen LogP contribution in [0.2, 0.25) is 0 Å². The zero-order valence-corrected chi connectivity index (χ0v) is 5.28. The minimum absolute atomic E-state index is 0. The largest absolute Gasteiger partial charge is 3.00 e. The maximum absolute atomic E-state index is 8.33. The smallest absolute Gasteiger partial charge is 0.870 e. The summed E-state index contributed by atoms with van der Waals surface area (Å²) in [6.45, 7) is 0. The Hall–Kier alpha value is 0.269. The Bertz CT molecular complexity index is 34.7. The maximum atomic E-state index is 8.33. The summed E-state index contributed by atoms with van der Waals surface area (Å²) < 4.78 is 0. The normalized spacial score (nSPS) is 3.43. The van der Waals surface area contributed by atoms with Gasteiger partial charge in [0.1, 0.15) is 0 Å². The average molecular weight is 163 g/mol. The molecule has 0 saturated heterocycles. The molecule has 0 aliphatic heterocycles. The third-order valence-electron chi connectivity index (χ3n) is 0. The van der Waals surface area contributed by atoms with Gasteiger partial charge >= 0.3 is 34.1 Å². The van der Waals surface area contributed by atoms with Crippen molar-refractivity contribution in [2.75, 3.05) is 0 Å². The predicted molar refractivity (Wildman–Crippen MR) is 13.1 cm³/mol. The Kier molecular flexibility index (Phi) is 62.2. The average Bonchev–Trinajstić information content (AvgIpc) is 0.811. The quantitative estimate of drug-likeness (QED) is 0.355. The van der Waals surface area contributed by atoms with Crippen LogP contribution < -0.4 is 10.2 Å². The van der Waals surface area contributed by atoms with E-state index in [1.165, 1.54) is 0 Å². The van der Waals surface area contributed by atoms with Crippen LogP contribution in [-0.2, 0) is 16.8 Å². The molecule has 0 amide bonds. The fourth-order valence-electron chi connectivity index (χ4n) is 0. The van der Waals surface area contributed by atoms with Crippen molar-refractivity contribution in [3.63, 3.8) is 0 Å². The molecule has 0 aromatic rings. The number of hydrogen-bond acceptors (Lipinski definition) is 4. The number of carboxylic acid groups (broad SMARTS) is 2. The summed E-state index contributed by atoms with van der Waals surface area (Å²) in [5, 5.41) is 16.7. The number of carbonyl (C=O) groups is 1. The second-order valence-electron chi connectivity index (χ2n) is 0.250. The van der Waals surface area contributed by atoms with Crippen LogP contribution in [0.3, 0.4) is 0 Å². The van der Waals surface area contributed by atoms with Crippen molar-refractivity contribution in [1.29, 1.82) is 0 Å². The van der Waals surface area contributed by atoms with Crippen molar-refractivity contribution >= 4 is 23.5 Å². The molecule has 0 aliphatic carbocycles. The van der Waals surface area contributed by atoms with E-state index in [0.717, 1.165) is 0 Å². The van der Waals surface area contributed by atoms with Gasteiger partial charge in [0.2, 0.25) is 0 Å². The molecule has 0 atom stereocenters. The van der Waals surface area contributed by atoms with Gasteiger partial charge in [-0.3, -0.25) is 0 Å². The van der Waals surface area contributed by atoms with E-state index < -0.39 is 6.16 Å². The van der Waals surface area contributed by atoms with Crippen molar-refractivity contribution < 1.29 is 37.3 Å². The molecule has 1 radical (unpaired) electrons. The molecule has 0 fully saturated rings. The molecule has 39 valence electrons. The molecule has 0 unspecified atom stereocenters. The zero-order chi connectivity index (χ0) is 3.58. The molecule has 0 saturated carbocycles. The summed E-state index contributed by atoms with van der Waals surface area (Å²) >= 11 is 0. The molecule has 7 heavy (non-hydrogen) atoms. The Morgan fingerprint density at radius 1 is 1.29 bits per heavy atom. The number of hydrogen-bond donors (Lipinski definition) is 0. The van der Waals surface area contributed by atoms with E-state index in [-0.39, 0.29) is 39.6 Å². The maximum Gasteiger partial charge on any atom is 3.00 e. The van der Waals surface area contributed by atoms with Crippen LogP contribution in [0.5, 0.6) is 0 Å². The Labute approximate surface area is 61.2 Å². The standard InChI is InChI=1S/CH2O3.Al.Co.H2O/c2-1(3)4;;;/h(H2,2,3,4);;;1H2/q;+3;+2;/p-3. The van der Waals surface area contributed by atoms with Crippen molar-refractivity contribution in [1.82, 2.24) is 0 Å². The van der Waals surface area contributed by atoms with Crippen LogP contribution in [-0.4, -0.2) is 29.0 Å². The first-order chi connectivity index (χ1) is 1.73. The molecule has 1 N–H and O–H groups in total. The first-order valence-electron chi connectivity index (χ1n) is 0.612. The molecule has 0 bridgehead atoms. The molecule has 0 heterocycles. The van der Waals surface area contributed by atoms with Crippen LogP contribution in [0, 0.1) is 0 Å². The van der Waals surface area contributed by atoms with Gasteiger partial charge < -0.3 is 20.5 Å². The molecule has 0 aromatic carbocycles. The van der Waals surface area contributed by atoms with Crippen LogP contribution >= 0.6 is 0 Å². The van der Waals surface area contributed by atoms with Gasteiger partial charge in [-0.2, -0.15) is 0 Å². The van der Waals surface area contributed by atoms with Gasteiger partial charge in [-0.05, 0) is 6.16 Å². The van der Waals surface area contributed by atoms with E-state index in [0.29, 0.717) is 0 Å². The number of rotatable bonds is 0. The van der Waals surface area contributed by atoms with E-state index in [1.807, 2.05) is 0 Å². The van der Waals surface area contributed by atoms with Gasteiger partial charge in [-0.25, -0.2) is 0 Å². The van der Waals surface area contributed by atoms with Crippen LogP contribution in [0.15, 0.2) is 0 Å². The topological polar surface area (TPSA) is 93.2 Å². The van der Waals surface area contributed by atoms with Gasteiger partial charge in [0, 0.05) is 0 Å². The fourth-order valence-corrected chi connectivity index (χ4v) is 0. The van der Waals surface area contributed by atoms with E-state index in [2.05, 4.69) is 0 Å². The van der Waals surface area contributed by atoms with E-state index in [9.17, 15) is 0 Å². The van der Waals surface area contributed by atoms with Gasteiger partial charge in [0.15, 0.2) is 0 Å². The summed E-state index contributed by atoms with van der Waals surface area (Å²) in [6.07, 6.45) is -2.33. The van der Waals surface area contributed by atoms with Crippen molar-refractivity contribution in [3.05, 3.63) is 0 Å². The third kappa shape index (κ3) is 1580. The van der Waals surface area contributed by atoms with Crippen molar-refractivity contribution in [3.8, 4) is 0 Å². The number of carbonyl (C=O) groups excluding carboxylic acids is 1. The summed E-state index contributed by atoms with van der Waals surface area (Å²) in [7, 11) is 0. The molecule has 0 aliphatic rings. The monoisotopic (exact) mass is 163 g/mol. The molecule has 0 aromatic heterocycles. The SMILES string of the molecule is O=C([O-])[O-].[Al+3].[Co+2].[OH-]. The van der Waals surface area contributed by atoms with E-state index in [4.69, 9.17) is 15.0 Å². The second-order valence-corrected chi connectivity index (χ2v) is 0.250. The summed E-state index contributed by atoms with van der Waals surface area (Å²) in [5.74, 6) is 0. The summed E-state index contributed by atoms with van der Waals surface area (Å²) in [4.78, 5) is 8.33. The Morgan fingerprint density at radius 3 is 1.29 bits per heavy atom. The van der Waals surface area contributed by atoms with Crippen LogP contribution in [0.1, 0.15) is 0 Å². The zero-order valence-electron chi connectivity index (χ0n) is 3.08. The van der Waals surface area contributed by atoms with Gasteiger partial charge in [-0.15, -0.1) is 0 Å². The molecule has 6 heteroatoms.